The average Bonchev–Trinajstić information content (AvgIpc) is 3.20. The van der Waals surface area contributed by atoms with Crippen LogP contribution in [0, 0.1) is 46.8 Å². The molecule has 1 aromatic carbocycles. The summed E-state index contributed by atoms with van der Waals surface area (Å²) in [5.41, 5.74) is 1.97. The van der Waals surface area contributed by atoms with Crippen molar-refractivity contribution in [3.63, 3.8) is 0 Å². The maximum Gasteiger partial charge on any atom is 0.0494 e. The Labute approximate surface area is 203 Å². The van der Waals surface area contributed by atoms with Gasteiger partial charge in [-0.2, -0.15) is 0 Å². The molecular formula is C31H49NO. The number of ether oxygens (including phenoxy) is 1. The second-order valence-corrected chi connectivity index (χ2v) is 12.6. The number of benzene rings is 1. The first-order valence-corrected chi connectivity index (χ1v) is 14.4. The molecule has 0 heterocycles. The summed E-state index contributed by atoms with van der Waals surface area (Å²) < 4.78 is 5.81. The summed E-state index contributed by atoms with van der Waals surface area (Å²) >= 11 is 0. The maximum atomic E-state index is 5.81. The molecule has 0 saturated heterocycles. The number of fused-ring (bicyclic) bond motifs is 5. The average molecular weight is 452 g/mol. The SMILES string of the molecule is CCOC[C@H]1CC[C@@H]2C3CC[C@@]4(C)C(CCC4[C@@H](C)N[C@@H](C)c4ccccc4)[C@@H]3CC[C@@H]2C1. The topological polar surface area (TPSA) is 21.3 Å². The Morgan fingerprint density at radius 3 is 2.52 bits per heavy atom. The first-order chi connectivity index (χ1) is 16.0. The molecule has 5 rings (SSSR count). The highest BCUT2D eigenvalue weighted by atomic mass is 16.5. The zero-order chi connectivity index (χ0) is 23.0. The van der Waals surface area contributed by atoms with Crippen LogP contribution in [-0.2, 0) is 4.74 Å². The van der Waals surface area contributed by atoms with Crippen molar-refractivity contribution in [2.75, 3.05) is 13.2 Å². The molecule has 4 aliphatic carbocycles. The molecule has 0 aromatic heterocycles. The zero-order valence-corrected chi connectivity index (χ0v) is 21.8. The van der Waals surface area contributed by atoms with Gasteiger partial charge >= 0.3 is 0 Å². The van der Waals surface area contributed by atoms with Gasteiger partial charge in [0.05, 0.1) is 0 Å². The highest BCUT2D eigenvalue weighted by molar-refractivity contribution is 5.18. The van der Waals surface area contributed by atoms with Crippen molar-refractivity contribution >= 4 is 0 Å². The number of nitrogens with one attached hydrogen (secondary N) is 1. The molecular weight excluding hydrogens is 402 g/mol. The van der Waals surface area contributed by atoms with Gasteiger partial charge in [0.1, 0.15) is 0 Å². The van der Waals surface area contributed by atoms with E-state index in [2.05, 4.69) is 63.3 Å². The van der Waals surface area contributed by atoms with Crippen LogP contribution < -0.4 is 5.32 Å². The molecule has 0 amide bonds. The van der Waals surface area contributed by atoms with Crippen molar-refractivity contribution in [3.05, 3.63) is 35.9 Å². The second-order valence-electron chi connectivity index (χ2n) is 12.6. The van der Waals surface area contributed by atoms with Gasteiger partial charge in [-0.15, -0.1) is 0 Å². The lowest BCUT2D eigenvalue weighted by Gasteiger charge is -2.57. The number of hydrogen-bond donors (Lipinski definition) is 1. The third-order valence-corrected chi connectivity index (χ3v) is 11.1. The van der Waals surface area contributed by atoms with Crippen LogP contribution in [0.1, 0.15) is 97.1 Å². The lowest BCUT2D eigenvalue weighted by atomic mass is 9.49. The van der Waals surface area contributed by atoms with Crippen LogP contribution in [0.5, 0.6) is 0 Å². The standard InChI is InChI=1S/C31H49NO/c1-5-33-20-23-11-13-26-25(19-23)12-14-28-27(26)17-18-31(4)29(15-16-30(28)31)22(3)32-21(2)24-9-7-6-8-10-24/h6-10,21-23,25-30,32H,5,11-20H2,1-4H3/t21-,22+,23-,25+,26-,27?,28+,29?,30?,31+/m0/s1. The van der Waals surface area contributed by atoms with E-state index in [1.165, 1.54) is 63.4 Å². The highest BCUT2D eigenvalue weighted by Gasteiger charge is 2.57. The van der Waals surface area contributed by atoms with E-state index in [1.54, 1.807) is 0 Å². The predicted octanol–water partition coefficient (Wildman–Crippen LogP) is 7.65. The maximum absolute atomic E-state index is 5.81. The van der Waals surface area contributed by atoms with E-state index in [4.69, 9.17) is 4.74 Å². The van der Waals surface area contributed by atoms with Crippen molar-refractivity contribution in [1.82, 2.24) is 5.32 Å². The van der Waals surface area contributed by atoms with Crippen LogP contribution >= 0.6 is 0 Å². The van der Waals surface area contributed by atoms with Gasteiger partial charge in [0, 0.05) is 25.3 Å². The molecule has 3 unspecified atom stereocenters. The van der Waals surface area contributed by atoms with Crippen molar-refractivity contribution in [3.8, 4) is 0 Å². The van der Waals surface area contributed by atoms with E-state index in [0.29, 0.717) is 17.5 Å². The Balaban J connectivity index is 1.23. The largest absolute Gasteiger partial charge is 0.381 e. The molecule has 4 fully saturated rings. The van der Waals surface area contributed by atoms with E-state index < -0.39 is 0 Å². The fourth-order valence-electron chi connectivity index (χ4n) is 9.60. The third-order valence-electron chi connectivity index (χ3n) is 11.1. The van der Waals surface area contributed by atoms with Crippen molar-refractivity contribution in [2.45, 2.75) is 97.6 Å². The van der Waals surface area contributed by atoms with E-state index in [9.17, 15) is 0 Å². The Hall–Kier alpha value is -0.860. The lowest BCUT2D eigenvalue weighted by molar-refractivity contribution is -0.0757. The minimum atomic E-state index is 0.433. The van der Waals surface area contributed by atoms with Gasteiger partial charge in [-0.1, -0.05) is 37.3 Å². The van der Waals surface area contributed by atoms with Gasteiger partial charge in [0.2, 0.25) is 0 Å². The van der Waals surface area contributed by atoms with Gasteiger partial charge in [-0.3, -0.25) is 0 Å². The van der Waals surface area contributed by atoms with Crippen LogP contribution in [0.2, 0.25) is 0 Å². The summed E-state index contributed by atoms with van der Waals surface area (Å²) in [5, 5.41) is 4.02. The van der Waals surface area contributed by atoms with E-state index in [-0.39, 0.29) is 0 Å². The molecule has 10 atom stereocenters. The molecule has 0 spiro atoms. The lowest BCUT2D eigenvalue weighted by Crippen LogP contribution is -2.51. The second kappa shape index (κ2) is 10.0. The highest BCUT2D eigenvalue weighted by Crippen LogP contribution is 2.65. The minimum Gasteiger partial charge on any atom is -0.381 e. The summed E-state index contributed by atoms with van der Waals surface area (Å²) in [6.07, 6.45) is 13.3. The van der Waals surface area contributed by atoms with Crippen LogP contribution in [0.3, 0.4) is 0 Å². The molecule has 0 bridgehead atoms. The monoisotopic (exact) mass is 451 g/mol. The molecule has 2 heteroatoms. The molecule has 4 aliphatic rings. The molecule has 2 nitrogen and oxygen atoms in total. The summed E-state index contributed by atoms with van der Waals surface area (Å²) in [7, 11) is 0. The Bertz CT molecular complexity index is 763. The van der Waals surface area contributed by atoms with Crippen LogP contribution in [0.4, 0.5) is 0 Å². The third kappa shape index (κ3) is 4.56. The van der Waals surface area contributed by atoms with Crippen molar-refractivity contribution in [1.29, 1.82) is 0 Å². The van der Waals surface area contributed by atoms with Crippen LogP contribution in [0.25, 0.3) is 0 Å². The first-order valence-electron chi connectivity index (χ1n) is 14.4. The molecule has 1 N–H and O–H groups in total. The van der Waals surface area contributed by atoms with Gasteiger partial charge < -0.3 is 10.1 Å². The van der Waals surface area contributed by atoms with Gasteiger partial charge in [-0.25, -0.2) is 0 Å². The molecule has 0 radical (unpaired) electrons. The van der Waals surface area contributed by atoms with Crippen molar-refractivity contribution in [2.24, 2.45) is 46.8 Å². The van der Waals surface area contributed by atoms with Crippen LogP contribution in [0.15, 0.2) is 30.3 Å². The van der Waals surface area contributed by atoms with E-state index >= 15 is 0 Å². The molecule has 0 aliphatic heterocycles. The predicted molar refractivity (Wildman–Crippen MR) is 138 cm³/mol. The number of rotatable bonds is 7. The molecule has 184 valence electrons. The quantitative estimate of drug-likeness (QED) is 0.460. The Morgan fingerprint density at radius 2 is 1.73 bits per heavy atom. The smallest absolute Gasteiger partial charge is 0.0494 e. The first kappa shape index (κ1) is 23.9. The minimum absolute atomic E-state index is 0.433. The van der Waals surface area contributed by atoms with E-state index in [0.717, 1.165) is 54.6 Å². The summed E-state index contributed by atoms with van der Waals surface area (Å²) in [5.74, 6) is 6.70. The summed E-state index contributed by atoms with van der Waals surface area (Å²) in [6.45, 7) is 11.6. The fourth-order valence-corrected chi connectivity index (χ4v) is 9.60. The van der Waals surface area contributed by atoms with E-state index in [1.807, 2.05) is 0 Å². The Morgan fingerprint density at radius 1 is 0.939 bits per heavy atom. The summed E-state index contributed by atoms with van der Waals surface area (Å²) in [4.78, 5) is 0. The van der Waals surface area contributed by atoms with Gasteiger partial charge in [0.15, 0.2) is 0 Å². The normalized spacial score (nSPS) is 42.1. The van der Waals surface area contributed by atoms with Crippen molar-refractivity contribution < 1.29 is 4.74 Å². The fraction of sp³-hybridized carbons (Fsp3) is 0.806. The summed E-state index contributed by atoms with van der Waals surface area (Å²) in [6, 6.07) is 12.0. The van der Waals surface area contributed by atoms with Crippen LogP contribution in [-0.4, -0.2) is 19.3 Å². The zero-order valence-electron chi connectivity index (χ0n) is 21.8. The Kier molecular flexibility index (Phi) is 7.24. The molecule has 33 heavy (non-hydrogen) atoms. The molecule has 1 aromatic rings. The molecule has 4 saturated carbocycles. The van der Waals surface area contributed by atoms with Gasteiger partial charge in [-0.05, 0) is 131 Å². The number of hydrogen-bond acceptors (Lipinski definition) is 2. The van der Waals surface area contributed by atoms with Gasteiger partial charge in [0.25, 0.3) is 0 Å².